The van der Waals surface area contributed by atoms with Crippen LogP contribution in [0, 0.1) is 0 Å². The van der Waals surface area contributed by atoms with Crippen molar-refractivity contribution in [1.82, 2.24) is 20.5 Å². The van der Waals surface area contributed by atoms with Gasteiger partial charge in [-0.25, -0.2) is 9.78 Å². The number of carbonyl (C=O) groups excluding carboxylic acids is 3. The van der Waals surface area contributed by atoms with E-state index in [1.807, 2.05) is 30.3 Å². The van der Waals surface area contributed by atoms with Crippen LogP contribution in [-0.2, 0) is 9.53 Å². The fraction of sp³-hybridized carbons (Fsp3) is 0.455. The Morgan fingerprint density at radius 3 is 2.65 bits per heavy atom. The van der Waals surface area contributed by atoms with Gasteiger partial charge in [-0.3, -0.25) is 9.59 Å². The molecule has 1 aromatic carbocycles. The van der Waals surface area contributed by atoms with Crippen molar-refractivity contribution in [3.63, 3.8) is 0 Å². The number of piperidine rings is 1. The Labute approximate surface area is 186 Å². The van der Waals surface area contributed by atoms with E-state index in [9.17, 15) is 14.4 Å². The summed E-state index contributed by atoms with van der Waals surface area (Å²) >= 11 is 1.43. The van der Waals surface area contributed by atoms with Gasteiger partial charge in [0.05, 0.1) is 6.61 Å². The van der Waals surface area contributed by atoms with Crippen LogP contribution < -0.4 is 10.6 Å². The second-order valence-electron chi connectivity index (χ2n) is 7.29. The largest absolute Gasteiger partial charge is 0.450 e. The minimum absolute atomic E-state index is 0.0381. The summed E-state index contributed by atoms with van der Waals surface area (Å²) in [6.45, 7) is 3.72. The highest BCUT2D eigenvalue weighted by molar-refractivity contribution is 7.13. The summed E-state index contributed by atoms with van der Waals surface area (Å²) in [4.78, 5) is 42.2. The first-order chi connectivity index (χ1) is 15.1. The Kier molecular flexibility index (Phi) is 8.40. The molecule has 3 amide bonds. The van der Waals surface area contributed by atoms with Crippen molar-refractivity contribution in [2.24, 2.45) is 0 Å². The van der Waals surface area contributed by atoms with Gasteiger partial charge >= 0.3 is 6.09 Å². The predicted molar refractivity (Wildman–Crippen MR) is 119 cm³/mol. The fourth-order valence-electron chi connectivity index (χ4n) is 3.35. The van der Waals surface area contributed by atoms with Crippen LogP contribution >= 0.6 is 11.3 Å². The third-order valence-electron chi connectivity index (χ3n) is 5.01. The third-order valence-corrected chi connectivity index (χ3v) is 5.90. The number of likely N-dealkylation sites (tertiary alicyclic amines) is 1. The molecular weight excluding hydrogens is 416 g/mol. The van der Waals surface area contributed by atoms with Gasteiger partial charge in [0.25, 0.3) is 5.91 Å². The first-order valence-corrected chi connectivity index (χ1v) is 11.4. The molecule has 2 N–H and O–H groups in total. The Morgan fingerprint density at radius 1 is 1.19 bits per heavy atom. The van der Waals surface area contributed by atoms with Gasteiger partial charge in [0.2, 0.25) is 5.91 Å². The Balaban J connectivity index is 1.32. The van der Waals surface area contributed by atoms with Crippen molar-refractivity contribution >= 4 is 29.2 Å². The molecule has 0 radical (unpaired) electrons. The van der Waals surface area contributed by atoms with Crippen LogP contribution in [0.5, 0.6) is 0 Å². The Bertz CT molecular complexity index is 879. The molecule has 0 spiro atoms. The van der Waals surface area contributed by atoms with E-state index in [4.69, 9.17) is 4.74 Å². The van der Waals surface area contributed by atoms with E-state index in [1.54, 1.807) is 17.2 Å². The minimum atomic E-state index is -0.293. The zero-order chi connectivity index (χ0) is 22.1. The molecule has 8 nitrogen and oxygen atoms in total. The van der Waals surface area contributed by atoms with Crippen LogP contribution in [0.1, 0.15) is 43.1 Å². The number of rotatable bonds is 8. The van der Waals surface area contributed by atoms with Crippen LogP contribution in [0.25, 0.3) is 10.6 Å². The van der Waals surface area contributed by atoms with E-state index in [1.165, 1.54) is 11.3 Å². The van der Waals surface area contributed by atoms with E-state index in [-0.39, 0.29) is 23.9 Å². The summed E-state index contributed by atoms with van der Waals surface area (Å²) in [5.74, 6) is -0.269. The number of ether oxygens (including phenoxy) is 1. The van der Waals surface area contributed by atoms with Crippen molar-refractivity contribution in [3.05, 3.63) is 41.4 Å². The molecule has 166 valence electrons. The molecule has 3 rings (SSSR count). The van der Waals surface area contributed by atoms with Crippen molar-refractivity contribution < 1.29 is 19.1 Å². The van der Waals surface area contributed by atoms with Gasteiger partial charge in [-0.2, -0.15) is 0 Å². The molecule has 0 aliphatic carbocycles. The standard InChI is InChI=1S/C22H28N4O4S/c1-2-30-22(29)26-13-10-17(11-14-26)24-19(27)9-6-12-23-20(28)18-15-31-21(25-18)16-7-4-3-5-8-16/h3-5,7-8,15,17H,2,6,9-14H2,1H3,(H,23,28)(H,24,27). The lowest BCUT2D eigenvalue weighted by molar-refractivity contribution is -0.122. The Hall–Kier alpha value is -2.94. The van der Waals surface area contributed by atoms with Crippen molar-refractivity contribution in [3.8, 4) is 10.6 Å². The van der Waals surface area contributed by atoms with Crippen LogP contribution in [-0.4, -0.2) is 60.1 Å². The average molecular weight is 445 g/mol. The zero-order valence-corrected chi connectivity index (χ0v) is 18.5. The second kappa shape index (κ2) is 11.5. The molecule has 1 aliphatic rings. The van der Waals surface area contributed by atoms with Gasteiger partial charge in [0.1, 0.15) is 10.7 Å². The topological polar surface area (TPSA) is 101 Å². The molecule has 1 saturated heterocycles. The molecule has 1 aromatic heterocycles. The van der Waals surface area contributed by atoms with E-state index < -0.39 is 0 Å². The maximum atomic E-state index is 12.3. The lowest BCUT2D eigenvalue weighted by Gasteiger charge is -2.31. The number of thiazole rings is 1. The summed E-state index contributed by atoms with van der Waals surface area (Å²) in [6, 6.07) is 9.79. The maximum absolute atomic E-state index is 12.3. The molecule has 1 fully saturated rings. The van der Waals surface area contributed by atoms with E-state index >= 15 is 0 Å². The van der Waals surface area contributed by atoms with Crippen LogP contribution in [0.3, 0.4) is 0 Å². The lowest BCUT2D eigenvalue weighted by Crippen LogP contribution is -2.46. The summed E-state index contributed by atoms with van der Waals surface area (Å²) in [6.07, 6.45) is 2.03. The highest BCUT2D eigenvalue weighted by Crippen LogP contribution is 2.23. The van der Waals surface area contributed by atoms with E-state index in [0.29, 0.717) is 44.8 Å². The quantitative estimate of drug-likeness (QED) is 0.610. The smallest absolute Gasteiger partial charge is 0.409 e. The highest BCUT2D eigenvalue weighted by Gasteiger charge is 2.24. The summed E-state index contributed by atoms with van der Waals surface area (Å²) < 4.78 is 5.00. The van der Waals surface area contributed by atoms with Crippen molar-refractivity contribution in [2.75, 3.05) is 26.2 Å². The average Bonchev–Trinajstić information content (AvgIpc) is 3.28. The second-order valence-corrected chi connectivity index (χ2v) is 8.15. The molecule has 0 unspecified atom stereocenters. The molecule has 9 heteroatoms. The van der Waals surface area contributed by atoms with Gasteiger partial charge in [0.15, 0.2) is 0 Å². The number of benzene rings is 1. The molecular formula is C22H28N4O4S. The molecule has 31 heavy (non-hydrogen) atoms. The minimum Gasteiger partial charge on any atom is -0.450 e. The zero-order valence-electron chi connectivity index (χ0n) is 17.6. The van der Waals surface area contributed by atoms with Crippen molar-refractivity contribution in [1.29, 1.82) is 0 Å². The van der Waals surface area contributed by atoms with Crippen LogP contribution in [0.2, 0.25) is 0 Å². The monoisotopic (exact) mass is 444 g/mol. The normalized spacial score (nSPS) is 14.2. The summed E-state index contributed by atoms with van der Waals surface area (Å²) in [7, 11) is 0. The molecule has 2 aromatic rings. The maximum Gasteiger partial charge on any atom is 0.409 e. The number of nitrogens with zero attached hydrogens (tertiary/aromatic N) is 2. The van der Waals surface area contributed by atoms with Crippen molar-refractivity contribution in [2.45, 2.75) is 38.6 Å². The van der Waals surface area contributed by atoms with Crippen LogP contribution in [0.4, 0.5) is 4.79 Å². The number of aromatic nitrogens is 1. The molecule has 0 atom stereocenters. The fourth-order valence-corrected chi connectivity index (χ4v) is 4.16. The van der Waals surface area contributed by atoms with Gasteiger partial charge in [-0.05, 0) is 26.2 Å². The number of amides is 3. The van der Waals surface area contributed by atoms with Gasteiger partial charge in [-0.15, -0.1) is 11.3 Å². The third kappa shape index (κ3) is 6.78. The first kappa shape index (κ1) is 22.7. The number of nitrogens with one attached hydrogen (secondary N) is 2. The molecule has 0 saturated carbocycles. The first-order valence-electron chi connectivity index (χ1n) is 10.6. The lowest BCUT2D eigenvalue weighted by atomic mass is 10.1. The highest BCUT2D eigenvalue weighted by atomic mass is 32.1. The molecule has 2 heterocycles. The predicted octanol–water partition coefficient (Wildman–Crippen LogP) is 3.06. The van der Waals surface area contributed by atoms with Gasteiger partial charge in [0, 0.05) is 43.0 Å². The van der Waals surface area contributed by atoms with Crippen LogP contribution in [0.15, 0.2) is 35.7 Å². The number of hydrogen-bond donors (Lipinski definition) is 2. The van der Waals surface area contributed by atoms with Gasteiger partial charge < -0.3 is 20.3 Å². The van der Waals surface area contributed by atoms with E-state index in [2.05, 4.69) is 15.6 Å². The summed E-state index contributed by atoms with van der Waals surface area (Å²) in [5, 5.41) is 8.38. The number of hydrogen-bond acceptors (Lipinski definition) is 6. The van der Waals surface area contributed by atoms with Gasteiger partial charge in [-0.1, -0.05) is 30.3 Å². The molecule has 0 bridgehead atoms. The molecule has 1 aliphatic heterocycles. The summed E-state index contributed by atoms with van der Waals surface area (Å²) in [5.41, 5.74) is 1.37. The number of carbonyl (C=O) groups is 3. The van der Waals surface area contributed by atoms with E-state index in [0.717, 1.165) is 23.4 Å². The SMILES string of the molecule is CCOC(=O)N1CCC(NC(=O)CCCNC(=O)c2csc(-c3ccccc3)n2)CC1. The Morgan fingerprint density at radius 2 is 1.94 bits per heavy atom.